The summed E-state index contributed by atoms with van der Waals surface area (Å²) in [6, 6.07) is 2.46. The molecule has 0 spiro atoms. The lowest BCUT2D eigenvalue weighted by Gasteiger charge is -2.23. The lowest BCUT2D eigenvalue weighted by atomic mass is 10.1. The summed E-state index contributed by atoms with van der Waals surface area (Å²) in [6.07, 6.45) is 4.32. The third-order valence-electron chi connectivity index (χ3n) is 3.87. The average molecular weight is 280 g/mol. The molecule has 3 nitrogen and oxygen atoms in total. The van der Waals surface area contributed by atoms with Crippen molar-refractivity contribution in [1.29, 1.82) is 0 Å². The summed E-state index contributed by atoms with van der Waals surface area (Å²) in [4.78, 5) is 16.8. The van der Waals surface area contributed by atoms with E-state index in [2.05, 4.69) is 25.2 Å². The van der Waals surface area contributed by atoms with Crippen LogP contribution in [0.4, 0.5) is 0 Å². The quantitative estimate of drug-likeness (QED) is 0.899. The van der Waals surface area contributed by atoms with Gasteiger partial charge in [-0.1, -0.05) is 20.3 Å². The number of carbonyl (C=O) groups is 1. The first kappa shape index (κ1) is 14.5. The number of likely N-dealkylation sites (N-methyl/N-ethyl adjacent to an activating group) is 1. The monoisotopic (exact) mass is 280 g/mol. The first-order chi connectivity index (χ1) is 9.17. The number of nitrogens with zero attached hydrogens (tertiary/aromatic N) is 1. The number of carbonyl (C=O) groups excluding carboxylic acids is 1. The molecule has 1 saturated heterocycles. The number of hydrogen-bond donors (Lipinski definition) is 1. The van der Waals surface area contributed by atoms with E-state index < -0.39 is 0 Å². The normalized spacial score (nSPS) is 18.8. The van der Waals surface area contributed by atoms with Crippen molar-refractivity contribution in [2.45, 2.75) is 45.6 Å². The Bertz CT molecular complexity index is 435. The number of amides is 1. The fraction of sp³-hybridized carbons (Fsp3) is 0.667. The maximum Gasteiger partial charge on any atom is 0.263 e. The third-order valence-corrected chi connectivity index (χ3v) is 5.09. The molecule has 0 bridgehead atoms. The van der Waals surface area contributed by atoms with Crippen LogP contribution in [0.15, 0.2) is 6.07 Å². The zero-order valence-electron chi connectivity index (χ0n) is 12.2. The van der Waals surface area contributed by atoms with E-state index in [0.717, 1.165) is 43.6 Å². The van der Waals surface area contributed by atoms with Crippen LogP contribution in [-0.2, 0) is 12.8 Å². The summed E-state index contributed by atoms with van der Waals surface area (Å²) < 4.78 is 0. The van der Waals surface area contributed by atoms with Crippen molar-refractivity contribution < 1.29 is 4.79 Å². The Labute approximate surface area is 120 Å². The van der Waals surface area contributed by atoms with Crippen molar-refractivity contribution in [3.05, 3.63) is 21.4 Å². The minimum absolute atomic E-state index is 0.191. The highest BCUT2D eigenvalue weighted by molar-refractivity contribution is 7.14. The van der Waals surface area contributed by atoms with Gasteiger partial charge in [0.15, 0.2) is 0 Å². The summed E-state index contributed by atoms with van der Waals surface area (Å²) in [5.41, 5.74) is 1.35. The van der Waals surface area contributed by atoms with Crippen molar-refractivity contribution in [2.75, 3.05) is 20.1 Å². The molecule has 2 rings (SSSR count). The van der Waals surface area contributed by atoms with E-state index >= 15 is 0 Å². The van der Waals surface area contributed by atoms with Crippen LogP contribution in [0.5, 0.6) is 0 Å². The van der Waals surface area contributed by atoms with E-state index in [1.807, 2.05) is 11.9 Å². The molecule has 1 aliphatic rings. The highest BCUT2D eigenvalue weighted by Gasteiger charge is 2.25. The minimum Gasteiger partial charge on any atom is -0.337 e. The van der Waals surface area contributed by atoms with Crippen LogP contribution in [-0.4, -0.2) is 37.0 Å². The van der Waals surface area contributed by atoms with Crippen molar-refractivity contribution in [2.24, 2.45) is 0 Å². The first-order valence-electron chi connectivity index (χ1n) is 7.26. The molecule has 1 unspecified atom stereocenters. The summed E-state index contributed by atoms with van der Waals surface area (Å²) in [5.74, 6) is 0.191. The number of nitrogens with one attached hydrogen (secondary N) is 1. The maximum absolute atomic E-state index is 12.5. The smallest absolute Gasteiger partial charge is 0.263 e. The van der Waals surface area contributed by atoms with E-state index in [0.29, 0.717) is 6.04 Å². The van der Waals surface area contributed by atoms with E-state index in [4.69, 9.17) is 0 Å². The molecule has 2 heterocycles. The van der Waals surface area contributed by atoms with Gasteiger partial charge in [-0.15, -0.1) is 11.3 Å². The van der Waals surface area contributed by atoms with Crippen molar-refractivity contribution in [3.8, 4) is 0 Å². The number of aryl methyl sites for hydroxylation is 2. The molecule has 1 atom stereocenters. The Morgan fingerprint density at radius 1 is 1.53 bits per heavy atom. The van der Waals surface area contributed by atoms with Crippen LogP contribution in [0.1, 0.15) is 46.8 Å². The third kappa shape index (κ3) is 3.18. The van der Waals surface area contributed by atoms with Gasteiger partial charge in [0.05, 0.1) is 4.88 Å². The van der Waals surface area contributed by atoms with Crippen LogP contribution >= 0.6 is 11.3 Å². The highest BCUT2D eigenvalue weighted by atomic mass is 32.1. The second-order valence-corrected chi connectivity index (χ2v) is 6.36. The van der Waals surface area contributed by atoms with Crippen LogP contribution in [0, 0.1) is 0 Å². The van der Waals surface area contributed by atoms with Gasteiger partial charge in [-0.2, -0.15) is 0 Å². The number of thiophene rings is 1. The molecule has 1 amide bonds. The van der Waals surface area contributed by atoms with Gasteiger partial charge in [-0.05, 0) is 37.4 Å². The predicted octanol–water partition coefficient (Wildman–Crippen LogP) is 2.70. The lowest BCUT2D eigenvalue weighted by Crippen LogP contribution is -2.37. The zero-order valence-corrected chi connectivity index (χ0v) is 13.0. The summed E-state index contributed by atoms with van der Waals surface area (Å²) in [5, 5.41) is 3.32. The van der Waals surface area contributed by atoms with Crippen LogP contribution in [0.2, 0.25) is 0 Å². The topological polar surface area (TPSA) is 32.3 Å². The molecule has 1 aliphatic heterocycles. The molecule has 0 aromatic carbocycles. The fourth-order valence-electron chi connectivity index (χ4n) is 2.62. The molecule has 0 radical (unpaired) electrons. The van der Waals surface area contributed by atoms with Crippen molar-refractivity contribution in [1.82, 2.24) is 10.2 Å². The molecular weight excluding hydrogens is 256 g/mol. The van der Waals surface area contributed by atoms with Gasteiger partial charge in [0.1, 0.15) is 0 Å². The Hall–Kier alpha value is -0.870. The molecule has 0 aliphatic carbocycles. The van der Waals surface area contributed by atoms with Gasteiger partial charge in [-0.25, -0.2) is 0 Å². The fourth-order valence-corrected chi connectivity index (χ4v) is 3.96. The second-order valence-electron chi connectivity index (χ2n) is 5.23. The van der Waals surface area contributed by atoms with Crippen LogP contribution < -0.4 is 5.32 Å². The van der Waals surface area contributed by atoms with Crippen molar-refractivity contribution >= 4 is 17.2 Å². The molecule has 19 heavy (non-hydrogen) atoms. The first-order valence-corrected chi connectivity index (χ1v) is 8.08. The summed E-state index contributed by atoms with van der Waals surface area (Å²) in [6.45, 7) is 6.31. The van der Waals surface area contributed by atoms with Gasteiger partial charge in [0, 0.05) is 24.5 Å². The highest BCUT2D eigenvalue weighted by Crippen LogP contribution is 2.26. The molecule has 1 aromatic heterocycles. The van der Waals surface area contributed by atoms with E-state index in [9.17, 15) is 4.79 Å². The van der Waals surface area contributed by atoms with Crippen LogP contribution in [0.3, 0.4) is 0 Å². The Kier molecular flexibility index (Phi) is 4.99. The Morgan fingerprint density at radius 2 is 2.32 bits per heavy atom. The van der Waals surface area contributed by atoms with Gasteiger partial charge in [0.25, 0.3) is 5.91 Å². The van der Waals surface area contributed by atoms with Gasteiger partial charge in [-0.3, -0.25) is 4.79 Å². The van der Waals surface area contributed by atoms with Gasteiger partial charge >= 0.3 is 0 Å². The maximum atomic E-state index is 12.5. The standard InChI is InChI=1S/C15H24N2OS/c1-4-6-13-11(5-2)9-14(19-13)15(18)17(3)12-7-8-16-10-12/h9,12,16H,4-8,10H2,1-3H3. The van der Waals surface area contributed by atoms with E-state index in [1.165, 1.54) is 10.4 Å². The second kappa shape index (κ2) is 6.53. The molecule has 0 saturated carbocycles. The van der Waals surface area contributed by atoms with E-state index in [-0.39, 0.29) is 5.91 Å². The molecule has 1 aromatic rings. The largest absolute Gasteiger partial charge is 0.337 e. The van der Waals surface area contributed by atoms with Gasteiger partial charge < -0.3 is 10.2 Å². The van der Waals surface area contributed by atoms with E-state index in [1.54, 1.807) is 11.3 Å². The Morgan fingerprint density at radius 3 is 2.89 bits per heavy atom. The number of rotatable bonds is 5. The molecule has 106 valence electrons. The zero-order chi connectivity index (χ0) is 13.8. The average Bonchev–Trinajstić information content (AvgIpc) is 3.06. The SMILES string of the molecule is CCCc1sc(C(=O)N(C)C2CCNC2)cc1CC. The predicted molar refractivity (Wildman–Crippen MR) is 81.1 cm³/mol. The lowest BCUT2D eigenvalue weighted by molar-refractivity contribution is 0.0748. The molecular formula is C15H24N2OS. The summed E-state index contributed by atoms with van der Waals surface area (Å²) >= 11 is 1.69. The molecule has 1 fully saturated rings. The molecule has 4 heteroatoms. The van der Waals surface area contributed by atoms with Crippen molar-refractivity contribution in [3.63, 3.8) is 0 Å². The minimum atomic E-state index is 0.191. The molecule has 1 N–H and O–H groups in total. The number of hydrogen-bond acceptors (Lipinski definition) is 3. The Balaban J connectivity index is 2.13. The van der Waals surface area contributed by atoms with Gasteiger partial charge in [0.2, 0.25) is 0 Å². The van der Waals surface area contributed by atoms with Crippen LogP contribution in [0.25, 0.3) is 0 Å². The summed E-state index contributed by atoms with van der Waals surface area (Å²) in [7, 11) is 1.94.